The molecule has 3 N–H and O–H groups in total. The van der Waals surface area contributed by atoms with Crippen molar-refractivity contribution in [3.05, 3.63) is 40.8 Å². The van der Waals surface area contributed by atoms with E-state index < -0.39 is 17.7 Å². The van der Waals surface area contributed by atoms with E-state index >= 15 is 0 Å². The van der Waals surface area contributed by atoms with Crippen molar-refractivity contribution in [2.24, 2.45) is 0 Å². The number of hydrogen-bond donors (Lipinski definition) is 3. The second-order valence-electron chi connectivity index (χ2n) is 4.69. The van der Waals surface area contributed by atoms with Gasteiger partial charge in [-0.3, -0.25) is 0 Å². The van der Waals surface area contributed by atoms with Crippen molar-refractivity contribution in [3.8, 4) is 0 Å². The molecule has 0 aliphatic heterocycles. The summed E-state index contributed by atoms with van der Waals surface area (Å²) in [7, 11) is 0. The Bertz CT molecular complexity index is 691. The zero-order valence-corrected chi connectivity index (χ0v) is 12.9. The number of hydrogen-bond acceptors (Lipinski definition) is 5. The molecule has 1 heterocycles. The van der Waals surface area contributed by atoms with Crippen LogP contribution in [-0.2, 0) is 6.18 Å². The van der Waals surface area contributed by atoms with Gasteiger partial charge < -0.3 is 15.7 Å². The minimum absolute atomic E-state index is 0.00281. The van der Waals surface area contributed by atoms with E-state index in [1.807, 2.05) is 0 Å². The molecular formula is C14H13ClF4N4O. The Hall–Kier alpha value is -2.13. The molecule has 0 saturated heterocycles. The summed E-state index contributed by atoms with van der Waals surface area (Å²) in [6.07, 6.45) is -4.40. The lowest BCUT2D eigenvalue weighted by Crippen LogP contribution is -2.14. The Kier molecular flexibility index (Phi) is 5.79. The molecule has 0 bridgehead atoms. The molecule has 2 rings (SSSR count). The van der Waals surface area contributed by atoms with Gasteiger partial charge in [-0.15, -0.1) is 0 Å². The van der Waals surface area contributed by atoms with Crippen LogP contribution in [0, 0.1) is 5.82 Å². The number of alkyl halides is 3. The topological polar surface area (TPSA) is 70.1 Å². The van der Waals surface area contributed by atoms with Gasteiger partial charge in [-0.1, -0.05) is 17.7 Å². The van der Waals surface area contributed by atoms with Crippen LogP contribution in [0.4, 0.5) is 35.0 Å². The van der Waals surface area contributed by atoms with Crippen molar-refractivity contribution in [2.75, 3.05) is 23.8 Å². The second-order valence-corrected chi connectivity index (χ2v) is 5.09. The van der Waals surface area contributed by atoms with Gasteiger partial charge in [0.2, 0.25) is 5.95 Å². The summed E-state index contributed by atoms with van der Waals surface area (Å²) in [6, 6.07) is 4.52. The van der Waals surface area contributed by atoms with Crippen molar-refractivity contribution < 1.29 is 22.7 Å². The molecule has 0 saturated carbocycles. The van der Waals surface area contributed by atoms with Crippen molar-refractivity contribution in [1.29, 1.82) is 0 Å². The summed E-state index contributed by atoms with van der Waals surface area (Å²) in [5.74, 6) is -1.30. The summed E-state index contributed by atoms with van der Waals surface area (Å²) in [5.41, 5.74) is -1.38. The fourth-order valence-corrected chi connectivity index (χ4v) is 1.97. The Morgan fingerprint density at radius 1 is 1.21 bits per heavy atom. The van der Waals surface area contributed by atoms with E-state index in [0.29, 0.717) is 12.5 Å². The highest BCUT2D eigenvalue weighted by atomic mass is 35.5. The number of aliphatic hydroxyl groups is 1. The van der Waals surface area contributed by atoms with Gasteiger partial charge >= 0.3 is 6.18 Å². The highest BCUT2D eigenvalue weighted by molar-refractivity contribution is 6.33. The highest BCUT2D eigenvalue weighted by Gasteiger charge is 2.33. The molecule has 130 valence electrons. The third kappa shape index (κ3) is 4.68. The number of para-hydroxylation sites is 1. The lowest BCUT2D eigenvalue weighted by Gasteiger charge is -2.13. The molecule has 2 aromatic rings. The quantitative estimate of drug-likeness (QED) is 0.537. The van der Waals surface area contributed by atoms with Crippen molar-refractivity contribution >= 4 is 29.1 Å². The SMILES string of the molecule is OCCCNc1nc(Nc2c(F)cccc2Cl)cc(C(F)(F)F)n1. The van der Waals surface area contributed by atoms with Crippen LogP contribution in [0.1, 0.15) is 12.1 Å². The number of halogens is 5. The van der Waals surface area contributed by atoms with Crippen LogP contribution in [0.25, 0.3) is 0 Å². The van der Waals surface area contributed by atoms with E-state index in [1.54, 1.807) is 0 Å². The van der Waals surface area contributed by atoms with Crippen LogP contribution in [0.3, 0.4) is 0 Å². The third-order valence-corrected chi connectivity index (χ3v) is 3.17. The Morgan fingerprint density at radius 2 is 1.96 bits per heavy atom. The summed E-state index contributed by atoms with van der Waals surface area (Å²) < 4.78 is 52.6. The summed E-state index contributed by atoms with van der Waals surface area (Å²) >= 11 is 5.84. The first-order chi connectivity index (χ1) is 11.3. The van der Waals surface area contributed by atoms with Gasteiger partial charge in [0.05, 0.1) is 10.7 Å². The zero-order chi connectivity index (χ0) is 17.7. The van der Waals surface area contributed by atoms with Crippen LogP contribution in [-0.4, -0.2) is 28.2 Å². The van der Waals surface area contributed by atoms with Crippen LogP contribution in [0.5, 0.6) is 0 Å². The standard InChI is InChI=1S/C14H13ClF4N4O/c15-8-3-1-4-9(16)12(8)22-11-7-10(14(17,18)19)21-13(23-11)20-5-2-6-24/h1,3-4,7,24H,2,5-6H2,(H2,20,21,22,23). The fourth-order valence-electron chi connectivity index (χ4n) is 1.76. The minimum Gasteiger partial charge on any atom is -0.396 e. The predicted octanol–water partition coefficient (Wildman–Crippen LogP) is 3.83. The predicted molar refractivity (Wildman–Crippen MR) is 81.9 cm³/mol. The van der Waals surface area contributed by atoms with Gasteiger partial charge in [0, 0.05) is 19.2 Å². The molecule has 0 fully saturated rings. The van der Waals surface area contributed by atoms with Gasteiger partial charge in [0.25, 0.3) is 0 Å². The third-order valence-electron chi connectivity index (χ3n) is 2.85. The Morgan fingerprint density at radius 3 is 2.58 bits per heavy atom. The number of anilines is 3. The van der Waals surface area contributed by atoms with E-state index in [9.17, 15) is 17.6 Å². The maximum Gasteiger partial charge on any atom is 0.433 e. The molecule has 24 heavy (non-hydrogen) atoms. The second kappa shape index (κ2) is 7.63. The molecule has 5 nitrogen and oxygen atoms in total. The Balaban J connectivity index is 2.35. The lowest BCUT2D eigenvalue weighted by molar-refractivity contribution is -0.141. The molecule has 0 aliphatic rings. The van der Waals surface area contributed by atoms with Crippen LogP contribution < -0.4 is 10.6 Å². The maximum absolute atomic E-state index is 13.8. The number of nitrogens with one attached hydrogen (secondary N) is 2. The number of rotatable bonds is 6. The molecule has 0 radical (unpaired) electrons. The molecule has 0 atom stereocenters. The monoisotopic (exact) mass is 364 g/mol. The molecule has 1 aromatic carbocycles. The smallest absolute Gasteiger partial charge is 0.396 e. The summed E-state index contributed by atoms with van der Waals surface area (Å²) in [5, 5.41) is 13.7. The number of nitrogens with zero attached hydrogens (tertiary/aromatic N) is 2. The Labute approximate surface area is 139 Å². The van der Waals surface area contributed by atoms with E-state index in [2.05, 4.69) is 20.6 Å². The van der Waals surface area contributed by atoms with E-state index in [4.69, 9.17) is 16.7 Å². The van der Waals surface area contributed by atoms with Crippen LogP contribution in [0.15, 0.2) is 24.3 Å². The normalized spacial score (nSPS) is 11.4. The molecule has 0 amide bonds. The zero-order valence-electron chi connectivity index (χ0n) is 12.2. The van der Waals surface area contributed by atoms with Gasteiger partial charge in [0.1, 0.15) is 11.6 Å². The van der Waals surface area contributed by atoms with E-state index in [-0.39, 0.29) is 35.6 Å². The summed E-state index contributed by atoms with van der Waals surface area (Å²) in [4.78, 5) is 7.22. The van der Waals surface area contributed by atoms with Crippen molar-refractivity contribution in [3.63, 3.8) is 0 Å². The minimum atomic E-state index is -4.70. The van der Waals surface area contributed by atoms with Crippen LogP contribution >= 0.6 is 11.6 Å². The highest BCUT2D eigenvalue weighted by Crippen LogP contribution is 2.32. The molecule has 1 aromatic heterocycles. The average Bonchev–Trinajstić information content (AvgIpc) is 2.50. The molecule has 0 aliphatic carbocycles. The van der Waals surface area contributed by atoms with Crippen molar-refractivity contribution in [1.82, 2.24) is 9.97 Å². The van der Waals surface area contributed by atoms with Crippen LogP contribution in [0.2, 0.25) is 5.02 Å². The first-order valence-electron chi connectivity index (χ1n) is 6.83. The van der Waals surface area contributed by atoms with Gasteiger partial charge in [0.15, 0.2) is 5.69 Å². The number of aliphatic hydroxyl groups excluding tert-OH is 1. The number of benzene rings is 1. The number of aromatic nitrogens is 2. The average molecular weight is 365 g/mol. The van der Waals surface area contributed by atoms with E-state index in [1.165, 1.54) is 12.1 Å². The molecule has 0 unspecified atom stereocenters. The van der Waals surface area contributed by atoms with Crippen molar-refractivity contribution in [2.45, 2.75) is 12.6 Å². The van der Waals surface area contributed by atoms with Gasteiger partial charge in [-0.25, -0.2) is 9.37 Å². The maximum atomic E-state index is 13.8. The first-order valence-corrected chi connectivity index (χ1v) is 7.21. The first kappa shape index (κ1) is 18.2. The molecule has 0 spiro atoms. The molecular weight excluding hydrogens is 352 g/mol. The fraction of sp³-hybridized carbons (Fsp3) is 0.286. The molecule has 10 heteroatoms. The van der Waals surface area contributed by atoms with E-state index in [0.717, 1.165) is 6.07 Å². The largest absolute Gasteiger partial charge is 0.433 e. The van der Waals surface area contributed by atoms with Gasteiger partial charge in [-0.05, 0) is 18.6 Å². The lowest BCUT2D eigenvalue weighted by atomic mass is 10.3. The van der Waals surface area contributed by atoms with Gasteiger partial charge in [-0.2, -0.15) is 18.2 Å². The summed E-state index contributed by atoms with van der Waals surface area (Å²) in [6.45, 7) is 0.0413.